The van der Waals surface area contributed by atoms with Crippen LogP contribution in [0.1, 0.15) is 22.8 Å². The largest absolute Gasteiger partial charge is 0.322 e. The van der Waals surface area contributed by atoms with Crippen LogP contribution in [0.25, 0.3) is 0 Å². The number of nitrogens with zero attached hydrogens (tertiary/aromatic N) is 2. The van der Waals surface area contributed by atoms with Gasteiger partial charge in [-0.1, -0.05) is 64.5 Å². The van der Waals surface area contributed by atoms with Crippen LogP contribution in [0.5, 0.6) is 0 Å². The molecule has 39 heavy (non-hydrogen) atoms. The Hall–Kier alpha value is -4.28. The second kappa shape index (κ2) is 12.5. The van der Waals surface area contributed by atoms with Crippen LogP contribution >= 0.6 is 15.9 Å². The highest BCUT2D eigenvalue weighted by Gasteiger charge is 2.27. The van der Waals surface area contributed by atoms with Crippen molar-refractivity contribution in [3.8, 4) is 0 Å². The first kappa shape index (κ1) is 27.7. The first-order valence-corrected chi connectivity index (χ1v) is 14.1. The number of anilines is 2. The Kier molecular flexibility index (Phi) is 8.90. The average molecular weight is 606 g/mol. The van der Waals surface area contributed by atoms with E-state index in [2.05, 4.69) is 31.8 Å². The molecule has 8 nitrogen and oxygen atoms in total. The highest BCUT2D eigenvalue weighted by molar-refractivity contribution is 9.10. The van der Waals surface area contributed by atoms with Crippen molar-refractivity contribution in [2.24, 2.45) is 5.10 Å². The van der Waals surface area contributed by atoms with E-state index in [1.54, 1.807) is 97.9 Å². The molecule has 4 aromatic carbocycles. The van der Waals surface area contributed by atoms with Gasteiger partial charge in [-0.3, -0.25) is 13.9 Å². The lowest BCUT2D eigenvalue weighted by Crippen LogP contribution is -2.39. The minimum absolute atomic E-state index is 0.0693. The summed E-state index contributed by atoms with van der Waals surface area (Å²) in [5, 5.41) is 6.98. The second-order valence-corrected chi connectivity index (χ2v) is 11.2. The molecule has 0 aromatic heterocycles. The van der Waals surface area contributed by atoms with Gasteiger partial charge in [-0.15, -0.1) is 0 Å². The number of hydrogen-bond donors (Lipinski definition) is 2. The summed E-state index contributed by atoms with van der Waals surface area (Å²) in [6.45, 7) is 1.24. The molecule has 0 unspecified atom stereocenters. The number of carbonyl (C=O) groups excluding carboxylic acids is 2. The topological polar surface area (TPSA) is 108 Å². The van der Waals surface area contributed by atoms with E-state index in [0.717, 1.165) is 14.3 Å². The molecule has 10 heteroatoms. The highest BCUT2D eigenvalue weighted by Crippen LogP contribution is 2.25. The highest BCUT2D eigenvalue weighted by atomic mass is 79.9. The van der Waals surface area contributed by atoms with Crippen molar-refractivity contribution in [1.29, 1.82) is 0 Å². The first-order valence-electron chi connectivity index (χ1n) is 11.9. The third kappa shape index (κ3) is 7.18. The van der Waals surface area contributed by atoms with Crippen molar-refractivity contribution < 1.29 is 18.0 Å². The number of carbonyl (C=O) groups is 2. The molecule has 198 valence electrons. The predicted octanol–water partition coefficient (Wildman–Crippen LogP) is 5.44. The molecule has 0 radical (unpaired) electrons. The minimum atomic E-state index is -4.01. The fourth-order valence-electron chi connectivity index (χ4n) is 3.61. The van der Waals surface area contributed by atoms with Crippen molar-refractivity contribution in [3.63, 3.8) is 0 Å². The monoisotopic (exact) mass is 604 g/mol. The Bertz CT molecular complexity index is 1580. The van der Waals surface area contributed by atoms with Gasteiger partial charge in [-0.2, -0.15) is 5.10 Å². The molecule has 0 aliphatic rings. The van der Waals surface area contributed by atoms with Crippen LogP contribution in [0.2, 0.25) is 0 Å². The van der Waals surface area contributed by atoms with Gasteiger partial charge in [0.25, 0.3) is 21.8 Å². The lowest BCUT2D eigenvalue weighted by Gasteiger charge is -2.23. The van der Waals surface area contributed by atoms with Gasteiger partial charge >= 0.3 is 0 Å². The van der Waals surface area contributed by atoms with Gasteiger partial charge in [0.15, 0.2) is 0 Å². The van der Waals surface area contributed by atoms with Crippen molar-refractivity contribution in [1.82, 2.24) is 5.43 Å². The van der Waals surface area contributed by atoms with Crippen molar-refractivity contribution in [2.75, 3.05) is 16.2 Å². The van der Waals surface area contributed by atoms with Crippen LogP contribution in [0.4, 0.5) is 11.4 Å². The summed E-state index contributed by atoms with van der Waals surface area (Å²) < 4.78 is 28.6. The predicted molar refractivity (Wildman–Crippen MR) is 156 cm³/mol. The third-order valence-electron chi connectivity index (χ3n) is 5.68. The average Bonchev–Trinajstić information content (AvgIpc) is 2.96. The maximum absolute atomic E-state index is 13.4. The van der Waals surface area contributed by atoms with Gasteiger partial charge in [-0.25, -0.2) is 13.8 Å². The summed E-state index contributed by atoms with van der Waals surface area (Å²) in [7, 11) is -4.01. The number of sulfonamides is 1. The molecule has 0 spiro atoms. The number of hydrogen-bond acceptors (Lipinski definition) is 5. The van der Waals surface area contributed by atoms with Crippen LogP contribution in [-0.2, 0) is 14.8 Å². The number of hydrazone groups is 1. The van der Waals surface area contributed by atoms with Gasteiger partial charge in [-0.05, 0) is 73.2 Å². The second-order valence-electron chi connectivity index (χ2n) is 8.43. The first-order chi connectivity index (χ1) is 18.7. The van der Waals surface area contributed by atoms with Crippen LogP contribution < -0.4 is 15.0 Å². The van der Waals surface area contributed by atoms with E-state index in [1.807, 2.05) is 6.07 Å². The molecule has 0 fully saturated rings. The van der Waals surface area contributed by atoms with Gasteiger partial charge in [0.2, 0.25) is 0 Å². The van der Waals surface area contributed by atoms with Gasteiger partial charge in [0, 0.05) is 15.7 Å². The normalized spacial score (nSPS) is 11.5. The molecule has 0 aliphatic heterocycles. The molecule has 0 saturated heterocycles. The van der Waals surface area contributed by atoms with E-state index in [4.69, 9.17) is 0 Å². The molecule has 4 rings (SSSR count). The number of amides is 2. The molecule has 0 bridgehead atoms. The zero-order valence-electron chi connectivity index (χ0n) is 20.9. The smallest absolute Gasteiger partial charge is 0.264 e. The molecule has 0 aliphatic carbocycles. The molecule has 0 saturated carbocycles. The van der Waals surface area contributed by atoms with Gasteiger partial charge in [0.05, 0.1) is 16.3 Å². The summed E-state index contributed by atoms with van der Waals surface area (Å²) in [4.78, 5) is 25.3. The van der Waals surface area contributed by atoms with E-state index < -0.39 is 22.5 Å². The molecule has 4 aromatic rings. The fraction of sp³-hybridized carbons (Fsp3) is 0.0690. The van der Waals surface area contributed by atoms with Crippen LogP contribution in [0.15, 0.2) is 124 Å². The number of benzene rings is 4. The third-order valence-corrected chi connectivity index (χ3v) is 7.99. The van der Waals surface area contributed by atoms with Gasteiger partial charge < -0.3 is 5.32 Å². The minimum Gasteiger partial charge on any atom is -0.322 e. The van der Waals surface area contributed by atoms with E-state index in [1.165, 1.54) is 12.1 Å². The van der Waals surface area contributed by atoms with Crippen LogP contribution in [-0.4, -0.2) is 32.5 Å². The van der Waals surface area contributed by atoms with Crippen LogP contribution in [0.3, 0.4) is 0 Å². The van der Waals surface area contributed by atoms with E-state index in [0.29, 0.717) is 22.6 Å². The fourth-order valence-corrected chi connectivity index (χ4v) is 5.31. The Balaban J connectivity index is 1.45. The Labute approximate surface area is 235 Å². The van der Waals surface area contributed by atoms with Crippen molar-refractivity contribution in [3.05, 3.63) is 125 Å². The maximum Gasteiger partial charge on any atom is 0.264 e. The zero-order valence-corrected chi connectivity index (χ0v) is 23.3. The summed E-state index contributed by atoms with van der Waals surface area (Å²) in [6, 6.07) is 30.4. The molecule has 0 heterocycles. The molecule has 0 atom stereocenters. The molecule has 2 amide bonds. The summed E-state index contributed by atoms with van der Waals surface area (Å²) in [5.74, 6) is -0.828. The Morgan fingerprint density at radius 1 is 0.795 bits per heavy atom. The lowest BCUT2D eigenvalue weighted by atomic mass is 10.1. The molecular formula is C29H25BrN4O4S. The summed E-state index contributed by atoms with van der Waals surface area (Å²) in [5.41, 5.74) is 5.17. The quantitative estimate of drug-likeness (QED) is 0.196. The van der Waals surface area contributed by atoms with Crippen LogP contribution in [0, 0.1) is 0 Å². The lowest BCUT2D eigenvalue weighted by molar-refractivity contribution is -0.119. The number of nitrogens with one attached hydrogen (secondary N) is 2. The van der Waals surface area contributed by atoms with Crippen molar-refractivity contribution in [2.45, 2.75) is 11.8 Å². The van der Waals surface area contributed by atoms with E-state index in [-0.39, 0.29) is 10.8 Å². The van der Waals surface area contributed by atoms with Crippen molar-refractivity contribution >= 4 is 54.9 Å². The zero-order chi connectivity index (χ0) is 27.8. The molecular weight excluding hydrogens is 580 g/mol. The standard InChI is InChI=1S/C29H25BrN4O4S/c1-21(22-12-16-25(17-13-22)31-29(36)23-8-4-2-5-9-23)32-33-28(35)20-34(26-18-14-24(30)15-19-26)39(37,38)27-10-6-3-7-11-27/h2-19H,20H2,1H3,(H,31,36)(H,33,35)/b32-21-. The Morgan fingerprint density at radius 3 is 2.00 bits per heavy atom. The van der Waals surface area contributed by atoms with E-state index >= 15 is 0 Å². The summed E-state index contributed by atoms with van der Waals surface area (Å²) in [6.07, 6.45) is 0. The summed E-state index contributed by atoms with van der Waals surface area (Å²) >= 11 is 3.34. The Morgan fingerprint density at radius 2 is 1.38 bits per heavy atom. The SMILES string of the molecule is C/C(=N/NC(=O)CN(c1ccc(Br)cc1)S(=O)(=O)c1ccccc1)c1ccc(NC(=O)c2ccccc2)cc1. The van der Waals surface area contributed by atoms with E-state index in [9.17, 15) is 18.0 Å². The molecule has 2 N–H and O–H groups in total. The number of rotatable bonds is 9. The number of halogens is 1. The van der Waals surface area contributed by atoms with Gasteiger partial charge in [0.1, 0.15) is 6.54 Å². The maximum atomic E-state index is 13.4.